The number of H-pyrrole nitrogens is 1. The van der Waals surface area contributed by atoms with E-state index in [9.17, 15) is 23.3 Å². The average molecular weight is 865 g/mol. The first-order chi connectivity index (χ1) is 29.6. The minimum absolute atomic E-state index is 0.00488. The number of rotatable bonds is 14. The molecule has 1 saturated heterocycles. The summed E-state index contributed by atoms with van der Waals surface area (Å²) in [6.07, 6.45) is 16.4. The molecule has 1 amide bonds. The second-order valence-corrected chi connectivity index (χ2v) is 21.4. The quantitative estimate of drug-likeness (QED) is 0.0632. The van der Waals surface area contributed by atoms with Gasteiger partial charge in [0.15, 0.2) is 0 Å². The molecule has 2 bridgehead atoms. The summed E-state index contributed by atoms with van der Waals surface area (Å²) in [6, 6.07) is 12.5. The first-order valence-electron chi connectivity index (χ1n) is 22.3. The highest BCUT2D eigenvalue weighted by atomic mass is 32.2. The third-order valence-corrected chi connectivity index (χ3v) is 16.1. The molecule has 1 aliphatic heterocycles. The van der Waals surface area contributed by atoms with Crippen LogP contribution in [0, 0.1) is 26.9 Å². The number of allylic oxidation sites excluding steroid dienone is 1. The van der Waals surface area contributed by atoms with Crippen molar-refractivity contribution in [2.45, 2.75) is 94.9 Å². The Bertz CT molecular complexity index is 2500. The molecular formula is C47H60N8O6S. The number of amides is 1. The summed E-state index contributed by atoms with van der Waals surface area (Å²) < 4.78 is 35.9. The smallest absolute Gasteiger partial charge is 0.293 e. The number of hydrogen-bond acceptors (Lipinski definition) is 11. The number of benzene rings is 2. The van der Waals surface area contributed by atoms with Crippen LogP contribution >= 0.6 is 0 Å². The van der Waals surface area contributed by atoms with Crippen molar-refractivity contribution in [3.05, 3.63) is 87.7 Å². The van der Waals surface area contributed by atoms with Crippen LogP contribution in [0.4, 0.5) is 17.1 Å². The van der Waals surface area contributed by atoms with Gasteiger partial charge in [0.1, 0.15) is 22.8 Å². The van der Waals surface area contributed by atoms with Crippen LogP contribution in [0.5, 0.6) is 11.5 Å². The molecule has 62 heavy (non-hydrogen) atoms. The van der Waals surface area contributed by atoms with Gasteiger partial charge in [-0.1, -0.05) is 44.3 Å². The van der Waals surface area contributed by atoms with E-state index in [1.54, 1.807) is 41.7 Å². The number of fused-ring (bicyclic) bond motifs is 1. The van der Waals surface area contributed by atoms with Crippen LogP contribution in [0.2, 0.25) is 0 Å². The third kappa shape index (κ3) is 8.30. The number of pyridine rings is 1. The number of hydrogen-bond donors (Lipinski definition) is 3. The van der Waals surface area contributed by atoms with Gasteiger partial charge in [-0.3, -0.25) is 19.8 Å². The van der Waals surface area contributed by atoms with Crippen molar-refractivity contribution in [1.29, 1.82) is 0 Å². The fourth-order valence-corrected chi connectivity index (χ4v) is 12.0. The third-order valence-electron chi connectivity index (χ3n) is 14.8. The van der Waals surface area contributed by atoms with Crippen molar-refractivity contribution >= 4 is 44.0 Å². The van der Waals surface area contributed by atoms with E-state index in [-0.39, 0.29) is 27.6 Å². The lowest BCUT2D eigenvalue weighted by molar-refractivity contribution is -0.384. The van der Waals surface area contributed by atoms with Crippen LogP contribution < -0.4 is 19.7 Å². The summed E-state index contributed by atoms with van der Waals surface area (Å²) in [5.41, 5.74) is 5.96. The number of nitro benzene ring substituents is 1. The number of nitro groups is 1. The van der Waals surface area contributed by atoms with Crippen molar-refractivity contribution in [1.82, 2.24) is 24.5 Å². The maximum absolute atomic E-state index is 14.0. The summed E-state index contributed by atoms with van der Waals surface area (Å²) >= 11 is 0. The van der Waals surface area contributed by atoms with Crippen LogP contribution in [0.1, 0.15) is 94.8 Å². The summed E-state index contributed by atoms with van der Waals surface area (Å²) in [7, 11) is -0.0555. The normalized spacial score (nSPS) is 24.1. The molecule has 14 nitrogen and oxygen atoms in total. The molecule has 0 unspecified atom stereocenters. The topological polar surface area (TPSA) is 166 Å². The molecule has 3 N–H and O–H groups in total. The molecule has 15 heteroatoms. The maximum atomic E-state index is 14.0. The van der Waals surface area contributed by atoms with E-state index >= 15 is 0 Å². The largest absolute Gasteiger partial charge is 0.455 e. The number of aromatic nitrogens is 2. The highest BCUT2D eigenvalue weighted by Gasteiger charge is 2.70. The first kappa shape index (κ1) is 42.3. The molecule has 3 heterocycles. The molecule has 4 aromatic rings. The van der Waals surface area contributed by atoms with Gasteiger partial charge in [0, 0.05) is 74.2 Å². The van der Waals surface area contributed by atoms with Gasteiger partial charge in [-0.25, -0.2) is 18.1 Å². The number of ether oxygens (including phenoxy) is 1. The van der Waals surface area contributed by atoms with E-state index in [1.807, 2.05) is 12.1 Å². The van der Waals surface area contributed by atoms with Gasteiger partial charge in [0.05, 0.1) is 21.6 Å². The Morgan fingerprint density at radius 1 is 1.02 bits per heavy atom. The predicted molar refractivity (Wildman–Crippen MR) is 241 cm³/mol. The molecular weight excluding hydrogens is 805 g/mol. The van der Waals surface area contributed by atoms with E-state index in [1.165, 1.54) is 57.1 Å². The zero-order chi connectivity index (χ0) is 43.4. The average Bonchev–Trinajstić information content (AvgIpc) is 3.68. The van der Waals surface area contributed by atoms with Crippen LogP contribution in [0.15, 0.2) is 77.0 Å². The minimum Gasteiger partial charge on any atom is -0.455 e. The standard InChI is InChI=1S/C47H60N8O6S/c1-45(2)16-14-34(39(25-45)46-29-47(30-46,31-46)52(3)4)28-53-18-20-54(21-19-53)35-10-12-38(42(23-35)61-36-22-33-15-17-48-43(33)50-27-36)44(56)51-62(59,60)37-11-13-40(41(24-37)55(57)58)49-26-32-8-6-5-7-9-32/h10-13,15,17,22-24,27,32,49H,5-9,14,16,18-21,25-26,28-31H2,1-4H3,(H,48,50)(H,51,56). The van der Waals surface area contributed by atoms with Gasteiger partial charge in [0.25, 0.3) is 21.6 Å². The molecule has 0 atom stereocenters. The highest BCUT2D eigenvalue weighted by Crippen LogP contribution is 2.74. The Kier molecular flexibility index (Phi) is 11.1. The van der Waals surface area contributed by atoms with Crippen LogP contribution in [-0.4, -0.2) is 97.9 Å². The molecule has 6 aliphatic rings. The summed E-state index contributed by atoms with van der Waals surface area (Å²) in [5, 5.41) is 16.1. The lowest BCUT2D eigenvalue weighted by Gasteiger charge is -2.75. The molecule has 0 radical (unpaired) electrons. The number of piperazine rings is 1. The zero-order valence-electron chi connectivity index (χ0n) is 36.5. The fourth-order valence-electron chi connectivity index (χ4n) is 11.0. The maximum Gasteiger partial charge on any atom is 0.293 e. The number of carbonyl (C=O) groups excluding carboxylic acids is 1. The fraction of sp³-hybridized carbons (Fsp3) is 0.532. The number of sulfonamides is 1. The van der Waals surface area contributed by atoms with Gasteiger partial charge in [0.2, 0.25) is 0 Å². The summed E-state index contributed by atoms with van der Waals surface area (Å²) in [5.74, 6) is 0.0245. The van der Waals surface area contributed by atoms with E-state index in [0.717, 1.165) is 75.5 Å². The molecule has 0 spiro atoms. The Balaban J connectivity index is 0.918. The number of nitrogens with zero attached hydrogens (tertiary/aromatic N) is 5. The second-order valence-electron chi connectivity index (χ2n) is 19.7. The van der Waals surface area contributed by atoms with Crippen molar-refractivity contribution in [3.8, 4) is 11.5 Å². The molecule has 5 aliphatic carbocycles. The molecule has 10 rings (SSSR count). The molecule has 5 fully saturated rings. The van der Waals surface area contributed by atoms with Crippen LogP contribution in [-0.2, 0) is 10.0 Å². The molecule has 2 aromatic heterocycles. The monoisotopic (exact) mass is 864 g/mol. The van der Waals surface area contributed by atoms with Crippen LogP contribution in [0.25, 0.3) is 11.0 Å². The predicted octanol–water partition coefficient (Wildman–Crippen LogP) is 8.49. The minimum atomic E-state index is -4.52. The van der Waals surface area contributed by atoms with Crippen molar-refractivity contribution in [2.75, 3.05) is 63.6 Å². The lowest BCUT2D eigenvalue weighted by atomic mass is 9.35. The Hall–Kier alpha value is -4.99. The van der Waals surface area contributed by atoms with Gasteiger partial charge in [-0.15, -0.1) is 0 Å². The van der Waals surface area contributed by atoms with Crippen molar-refractivity contribution < 1.29 is 22.9 Å². The zero-order valence-corrected chi connectivity index (χ0v) is 37.3. The van der Waals surface area contributed by atoms with Gasteiger partial charge < -0.3 is 24.8 Å². The molecule has 2 aromatic carbocycles. The molecule has 330 valence electrons. The molecule has 4 saturated carbocycles. The van der Waals surface area contributed by atoms with E-state index in [0.29, 0.717) is 40.2 Å². The van der Waals surface area contributed by atoms with E-state index in [4.69, 9.17) is 4.74 Å². The number of carbonyl (C=O) groups is 1. The summed E-state index contributed by atoms with van der Waals surface area (Å²) in [6.45, 7) is 9.78. The lowest BCUT2D eigenvalue weighted by Crippen LogP contribution is -2.74. The Morgan fingerprint density at radius 3 is 2.50 bits per heavy atom. The van der Waals surface area contributed by atoms with Gasteiger partial charge in [-0.05, 0) is 119 Å². The number of nitrogens with one attached hydrogen (secondary N) is 3. The Labute approximate surface area is 364 Å². The van der Waals surface area contributed by atoms with Crippen molar-refractivity contribution in [3.63, 3.8) is 0 Å². The number of aromatic amines is 1. The Morgan fingerprint density at radius 2 is 1.77 bits per heavy atom. The highest BCUT2D eigenvalue weighted by molar-refractivity contribution is 7.90. The van der Waals surface area contributed by atoms with Crippen LogP contribution in [0.3, 0.4) is 0 Å². The van der Waals surface area contributed by atoms with Gasteiger partial charge in [-0.2, -0.15) is 0 Å². The summed E-state index contributed by atoms with van der Waals surface area (Å²) in [4.78, 5) is 39.9. The SMILES string of the molecule is CN(C)C12CC(C3=C(CN4CCN(c5ccc(C(=O)NS(=O)(=O)c6ccc(NCC7CCCCC7)c([N+](=O)[O-])c6)c(Oc6cnc7[nH]ccc7c6)c5)CC4)CCC(C)(C)C3)(C1)C2. The second kappa shape index (κ2) is 16.3. The van der Waals surface area contributed by atoms with Crippen molar-refractivity contribution in [2.24, 2.45) is 16.7 Å². The van der Waals surface area contributed by atoms with E-state index in [2.05, 4.69) is 62.6 Å². The van der Waals surface area contributed by atoms with Gasteiger partial charge >= 0.3 is 0 Å². The number of anilines is 2. The first-order valence-corrected chi connectivity index (χ1v) is 23.8. The van der Waals surface area contributed by atoms with E-state index < -0.39 is 20.9 Å².